The molecule has 122 valence electrons. The second kappa shape index (κ2) is 7.55. The molecule has 7 heteroatoms. The number of nitrogens with two attached hydrogens (primary N) is 1. The van der Waals surface area contributed by atoms with E-state index in [1.165, 1.54) is 0 Å². The fraction of sp³-hybridized carbons (Fsp3) is 0.312. The Labute approximate surface area is 136 Å². The molecule has 0 aliphatic carbocycles. The highest BCUT2D eigenvalue weighted by atomic mass is 15.4. The van der Waals surface area contributed by atoms with E-state index in [1.54, 1.807) is 37.7 Å². The molecule has 2 aromatic rings. The molecule has 2 rings (SSSR count). The van der Waals surface area contributed by atoms with Crippen molar-refractivity contribution < 1.29 is 0 Å². The lowest BCUT2D eigenvalue weighted by molar-refractivity contribution is 0.467. The van der Waals surface area contributed by atoms with Crippen molar-refractivity contribution >= 4 is 11.5 Å². The zero-order valence-corrected chi connectivity index (χ0v) is 13.9. The van der Waals surface area contributed by atoms with E-state index in [0.29, 0.717) is 5.82 Å². The molecule has 1 unspecified atom stereocenters. The third kappa shape index (κ3) is 4.17. The molecule has 0 amide bonds. The third-order valence-corrected chi connectivity index (χ3v) is 3.53. The van der Waals surface area contributed by atoms with Crippen LogP contribution < -0.4 is 16.6 Å². The van der Waals surface area contributed by atoms with Crippen LogP contribution in [0.4, 0.5) is 11.5 Å². The van der Waals surface area contributed by atoms with Gasteiger partial charge in [-0.05, 0) is 31.6 Å². The van der Waals surface area contributed by atoms with Crippen molar-refractivity contribution in [1.82, 2.24) is 19.5 Å². The average Bonchev–Trinajstić information content (AvgIpc) is 2.54. The predicted molar refractivity (Wildman–Crippen MR) is 91.7 cm³/mol. The molecule has 1 atom stereocenters. The van der Waals surface area contributed by atoms with Crippen LogP contribution in [0, 0.1) is 0 Å². The van der Waals surface area contributed by atoms with Gasteiger partial charge < -0.3 is 14.9 Å². The standard InChI is InChI=1S/C16H23N7/c1-12(11-22(4)17)13(2)23-10-9-20-15(16(23)18-3)21-14-5-7-19-8-6-14/h5-11,13H,17H2,1-4H3,(H,19,20,21)/b12-11+,18-16?. The number of hydrogen-bond donors (Lipinski definition) is 2. The van der Waals surface area contributed by atoms with Gasteiger partial charge in [0.05, 0.1) is 6.04 Å². The summed E-state index contributed by atoms with van der Waals surface area (Å²) in [5, 5.41) is 4.83. The molecule has 23 heavy (non-hydrogen) atoms. The lowest BCUT2D eigenvalue weighted by Gasteiger charge is -2.20. The number of hydrogen-bond acceptors (Lipinski definition) is 6. The number of rotatable bonds is 5. The molecular formula is C16H23N7. The van der Waals surface area contributed by atoms with Crippen molar-refractivity contribution in [3.05, 3.63) is 54.2 Å². The molecule has 0 bridgehead atoms. The van der Waals surface area contributed by atoms with Crippen LogP contribution in [0.2, 0.25) is 0 Å². The Morgan fingerprint density at radius 2 is 2.09 bits per heavy atom. The van der Waals surface area contributed by atoms with Crippen molar-refractivity contribution in [2.24, 2.45) is 10.8 Å². The molecule has 0 aliphatic rings. The van der Waals surface area contributed by atoms with Crippen molar-refractivity contribution in [2.45, 2.75) is 19.9 Å². The van der Waals surface area contributed by atoms with Gasteiger partial charge >= 0.3 is 0 Å². The van der Waals surface area contributed by atoms with Gasteiger partial charge in [-0.1, -0.05) is 0 Å². The second-order valence-electron chi connectivity index (χ2n) is 5.31. The van der Waals surface area contributed by atoms with Gasteiger partial charge in [0.2, 0.25) is 0 Å². The summed E-state index contributed by atoms with van der Waals surface area (Å²) in [5.41, 5.74) is 2.80. The number of aromatic nitrogens is 3. The number of allylic oxidation sites excluding steroid dienone is 1. The highest BCUT2D eigenvalue weighted by Crippen LogP contribution is 2.16. The Balaban J connectivity index is 2.41. The Bertz CT molecular complexity index is 732. The van der Waals surface area contributed by atoms with Crippen LogP contribution in [0.25, 0.3) is 0 Å². The van der Waals surface area contributed by atoms with E-state index in [2.05, 4.69) is 31.8 Å². The molecule has 0 saturated carbocycles. The van der Waals surface area contributed by atoms with E-state index in [4.69, 9.17) is 5.84 Å². The van der Waals surface area contributed by atoms with Crippen molar-refractivity contribution in [2.75, 3.05) is 19.4 Å². The first-order valence-electron chi connectivity index (χ1n) is 7.35. The highest BCUT2D eigenvalue weighted by Gasteiger charge is 2.11. The topological polar surface area (TPSA) is 84.4 Å². The normalized spacial score (nSPS) is 13.8. The maximum absolute atomic E-state index is 5.71. The first-order valence-corrected chi connectivity index (χ1v) is 7.35. The minimum atomic E-state index is 0.0979. The molecule has 2 aromatic heterocycles. The Morgan fingerprint density at radius 3 is 2.70 bits per heavy atom. The predicted octanol–water partition coefficient (Wildman–Crippen LogP) is 1.82. The lowest BCUT2D eigenvalue weighted by Crippen LogP contribution is -2.28. The summed E-state index contributed by atoms with van der Waals surface area (Å²) in [6, 6.07) is 3.87. The maximum atomic E-state index is 5.71. The summed E-state index contributed by atoms with van der Waals surface area (Å²) in [6.07, 6.45) is 9.03. The lowest BCUT2D eigenvalue weighted by atomic mass is 10.1. The van der Waals surface area contributed by atoms with E-state index in [-0.39, 0.29) is 6.04 Å². The molecule has 0 aliphatic heterocycles. The number of hydrazine groups is 1. The van der Waals surface area contributed by atoms with Gasteiger partial charge in [-0.2, -0.15) is 0 Å². The van der Waals surface area contributed by atoms with Crippen LogP contribution >= 0.6 is 0 Å². The van der Waals surface area contributed by atoms with Crippen molar-refractivity contribution in [3.8, 4) is 0 Å². The largest absolute Gasteiger partial charge is 0.337 e. The molecule has 0 radical (unpaired) electrons. The van der Waals surface area contributed by atoms with Gasteiger partial charge in [-0.15, -0.1) is 0 Å². The van der Waals surface area contributed by atoms with Gasteiger partial charge in [-0.3, -0.25) is 9.98 Å². The third-order valence-electron chi connectivity index (χ3n) is 3.53. The Hall–Kier alpha value is -2.67. The van der Waals surface area contributed by atoms with Crippen LogP contribution in [0.3, 0.4) is 0 Å². The molecule has 3 N–H and O–H groups in total. The van der Waals surface area contributed by atoms with Gasteiger partial charge in [0.1, 0.15) is 0 Å². The minimum Gasteiger partial charge on any atom is -0.337 e. The molecule has 0 aromatic carbocycles. The van der Waals surface area contributed by atoms with E-state index >= 15 is 0 Å². The Kier molecular flexibility index (Phi) is 5.48. The molecule has 2 heterocycles. The SMILES string of the molecule is CN=c1c(Nc2ccncc2)nccn1C(C)/C(C)=C/N(C)N. The fourth-order valence-electron chi connectivity index (χ4n) is 2.27. The molecular weight excluding hydrogens is 290 g/mol. The van der Waals surface area contributed by atoms with Crippen LogP contribution in [-0.2, 0) is 0 Å². The van der Waals surface area contributed by atoms with Crippen molar-refractivity contribution in [1.29, 1.82) is 0 Å². The van der Waals surface area contributed by atoms with Gasteiger partial charge in [-0.25, -0.2) is 10.8 Å². The smallest absolute Gasteiger partial charge is 0.173 e. The van der Waals surface area contributed by atoms with Gasteiger partial charge in [0.15, 0.2) is 11.3 Å². The molecule has 0 spiro atoms. The molecule has 7 nitrogen and oxygen atoms in total. The van der Waals surface area contributed by atoms with Gasteiger partial charge in [0, 0.05) is 50.8 Å². The zero-order valence-electron chi connectivity index (χ0n) is 13.9. The average molecular weight is 313 g/mol. The van der Waals surface area contributed by atoms with E-state index in [9.17, 15) is 0 Å². The summed E-state index contributed by atoms with van der Waals surface area (Å²) in [4.78, 5) is 12.8. The first-order chi connectivity index (χ1) is 11.0. The number of nitrogens with one attached hydrogen (secondary N) is 1. The number of anilines is 2. The second-order valence-corrected chi connectivity index (χ2v) is 5.31. The van der Waals surface area contributed by atoms with Crippen LogP contribution in [0.15, 0.2) is 53.7 Å². The Morgan fingerprint density at radius 1 is 1.39 bits per heavy atom. The maximum Gasteiger partial charge on any atom is 0.173 e. The van der Waals surface area contributed by atoms with Crippen LogP contribution in [-0.4, -0.2) is 33.6 Å². The van der Waals surface area contributed by atoms with E-state index in [1.807, 2.05) is 31.5 Å². The van der Waals surface area contributed by atoms with Crippen molar-refractivity contribution in [3.63, 3.8) is 0 Å². The van der Waals surface area contributed by atoms with Crippen LogP contribution in [0.5, 0.6) is 0 Å². The van der Waals surface area contributed by atoms with Crippen LogP contribution in [0.1, 0.15) is 19.9 Å². The zero-order chi connectivity index (χ0) is 16.8. The summed E-state index contributed by atoms with van der Waals surface area (Å²) in [5.74, 6) is 6.40. The monoisotopic (exact) mass is 313 g/mol. The molecule has 0 fully saturated rings. The summed E-state index contributed by atoms with van der Waals surface area (Å²) in [6.45, 7) is 4.14. The summed E-state index contributed by atoms with van der Waals surface area (Å²) >= 11 is 0. The quantitative estimate of drug-likeness (QED) is 0.650. The van der Waals surface area contributed by atoms with Gasteiger partial charge in [0.25, 0.3) is 0 Å². The molecule has 0 saturated heterocycles. The first kappa shape index (κ1) is 16.7. The highest BCUT2D eigenvalue weighted by molar-refractivity contribution is 5.53. The summed E-state index contributed by atoms with van der Waals surface area (Å²) < 4.78 is 2.06. The fourth-order valence-corrected chi connectivity index (χ4v) is 2.27. The number of nitrogens with zero attached hydrogens (tertiary/aromatic N) is 5. The van der Waals surface area contributed by atoms with E-state index < -0.39 is 0 Å². The number of pyridine rings is 1. The summed E-state index contributed by atoms with van der Waals surface area (Å²) in [7, 11) is 3.56. The van der Waals surface area contributed by atoms with E-state index in [0.717, 1.165) is 16.7 Å². The minimum absolute atomic E-state index is 0.0979.